The van der Waals surface area contributed by atoms with E-state index in [1.165, 1.54) is 10.6 Å². The van der Waals surface area contributed by atoms with Gasteiger partial charge in [-0.15, -0.1) is 0 Å². The van der Waals surface area contributed by atoms with Crippen LogP contribution in [0.5, 0.6) is 0 Å². The molecular weight excluding hydrogens is 388 g/mol. The summed E-state index contributed by atoms with van der Waals surface area (Å²) in [7, 11) is -0.268. The average Bonchev–Trinajstić information content (AvgIpc) is 2.94. The fourth-order valence-corrected chi connectivity index (χ4v) is 4.45. The molecule has 1 aliphatic rings. The summed E-state index contributed by atoms with van der Waals surface area (Å²) < 4.78 is 33.4. The van der Waals surface area contributed by atoms with Crippen LogP contribution in [0, 0.1) is 11.8 Å². The second-order valence-corrected chi connectivity index (χ2v) is 9.07. The van der Waals surface area contributed by atoms with Crippen molar-refractivity contribution < 1.29 is 13.2 Å². The normalized spacial score (nSPS) is 20.0. The topological polar surface area (TPSA) is 90.4 Å². The first-order chi connectivity index (χ1) is 12.6. The SMILES string of the molecule is COC1=CC(C)C(CN(c2nn(C)c3c(N)ccc(Cl)c23)S(C)(=O)=O)C=C1. The zero-order valence-electron chi connectivity index (χ0n) is 15.7. The van der Waals surface area contributed by atoms with Crippen molar-refractivity contribution in [3.05, 3.63) is 41.1 Å². The molecule has 2 unspecified atom stereocenters. The van der Waals surface area contributed by atoms with Crippen molar-refractivity contribution in [3.8, 4) is 0 Å². The Balaban J connectivity index is 2.09. The third kappa shape index (κ3) is 3.64. The standard InChI is InChI=1S/C18H23ClN4O3S/c1-11-9-13(26-3)6-5-12(11)10-23(27(4,24)25)18-16-14(19)7-8-15(20)17(16)22(2)21-18/h5-9,11-12H,10,20H2,1-4H3. The van der Waals surface area contributed by atoms with E-state index in [0.29, 0.717) is 21.6 Å². The Labute approximate surface area is 164 Å². The van der Waals surface area contributed by atoms with Gasteiger partial charge in [0.25, 0.3) is 0 Å². The highest BCUT2D eigenvalue weighted by Crippen LogP contribution is 2.37. The molecule has 2 N–H and O–H groups in total. The molecule has 0 amide bonds. The first kappa shape index (κ1) is 19.6. The van der Waals surface area contributed by atoms with Gasteiger partial charge in [0.2, 0.25) is 10.0 Å². The molecule has 9 heteroatoms. The number of sulfonamides is 1. The van der Waals surface area contributed by atoms with E-state index in [9.17, 15) is 8.42 Å². The smallest absolute Gasteiger partial charge is 0.233 e. The van der Waals surface area contributed by atoms with Crippen LogP contribution in [-0.4, -0.2) is 38.1 Å². The molecule has 2 aromatic rings. The summed E-state index contributed by atoms with van der Waals surface area (Å²) in [5, 5.41) is 5.37. The Hall–Kier alpha value is -2.19. The number of nitrogen functional groups attached to an aromatic ring is 1. The fourth-order valence-electron chi connectivity index (χ4n) is 3.33. The number of hydrogen-bond acceptors (Lipinski definition) is 5. The molecule has 0 bridgehead atoms. The molecule has 0 saturated carbocycles. The average molecular weight is 411 g/mol. The maximum Gasteiger partial charge on any atom is 0.233 e. The maximum atomic E-state index is 12.6. The number of rotatable bonds is 5. The third-order valence-electron chi connectivity index (χ3n) is 4.81. The van der Waals surface area contributed by atoms with Gasteiger partial charge in [-0.3, -0.25) is 8.99 Å². The molecular formula is C18H23ClN4O3S. The molecule has 1 heterocycles. The monoisotopic (exact) mass is 410 g/mol. The van der Waals surface area contributed by atoms with Crippen molar-refractivity contribution in [1.82, 2.24) is 9.78 Å². The first-order valence-corrected chi connectivity index (χ1v) is 10.7. The highest BCUT2D eigenvalue weighted by molar-refractivity contribution is 7.92. The first-order valence-electron chi connectivity index (χ1n) is 8.46. The van der Waals surface area contributed by atoms with E-state index in [4.69, 9.17) is 22.1 Å². The van der Waals surface area contributed by atoms with E-state index in [1.807, 2.05) is 25.2 Å². The zero-order chi connectivity index (χ0) is 19.9. The Morgan fingerprint density at radius 2 is 2.11 bits per heavy atom. The number of aromatic nitrogens is 2. The van der Waals surface area contributed by atoms with Gasteiger partial charge in [0.15, 0.2) is 5.82 Å². The quantitative estimate of drug-likeness (QED) is 0.765. The molecule has 3 rings (SSSR count). The van der Waals surface area contributed by atoms with Gasteiger partial charge in [-0.1, -0.05) is 24.6 Å². The lowest BCUT2D eigenvalue weighted by Crippen LogP contribution is -2.36. The van der Waals surface area contributed by atoms with Gasteiger partial charge in [0.1, 0.15) is 5.76 Å². The molecule has 7 nitrogen and oxygen atoms in total. The van der Waals surface area contributed by atoms with Crippen molar-refractivity contribution >= 4 is 44.0 Å². The number of aryl methyl sites for hydroxylation is 1. The number of nitrogens with two attached hydrogens (primary N) is 1. The molecule has 146 valence electrons. The number of hydrogen-bond donors (Lipinski definition) is 1. The van der Waals surface area contributed by atoms with Crippen LogP contribution in [0.15, 0.2) is 36.1 Å². The van der Waals surface area contributed by atoms with Crippen molar-refractivity contribution in [1.29, 1.82) is 0 Å². The second-order valence-electron chi connectivity index (χ2n) is 6.76. The molecule has 27 heavy (non-hydrogen) atoms. The van der Waals surface area contributed by atoms with Gasteiger partial charge in [-0.25, -0.2) is 8.42 Å². The summed E-state index contributed by atoms with van der Waals surface area (Å²) in [6.07, 6.45) is 6.96. The van der Waals surface area contributed by atoms with Gasteiger partial charge >= 0.3 is 0 Å². The molecule has 1 aromatic carbocycles. The van der Waals surface area contributed by atoms with Crippen LogP contribution in [0.25, 0.3) is 10.9 Å². The number of nitrogens with zero attached hydrogens (tertiary/aromatic N) is 3. The Bertz CT molecular complexity index is 1040. The van der Waals surface area contributed by atoms with Gasteiger partial charge in [-0.2, -0.15) is 5.10 Å². The fraction of sp³-hybridized carbons (Fsp3) is 0.389. The predicted octanol–water partition coefficient (Wildman–Crippen LogP) is 2.93. The number of halogens is 1. The van der Waals surface area contributed by atoms with Crippen molar-refractivity contribution in [2.45, 2.75) is 6.92 Å². The highest BCUT2D eigenvalue weighted by Gasteiger charge is 2.30. The van der Waals surface area contributed by atoms with Crippen LogP contribution >= 0.6 is 11.6 Å². The molecule has 0 aliphatic heterocycles. The minimum Gasteiger partial charge on any atom is -0.497 e. The number of fused-ring (bicyclic) bond motifs is 1. The summed E-state index contributed by atoms with van der Waals surface area (Å²) in [5.74, 6) is 1.12. The summed E-state index contributed by atoms with van der Waals surface area (Å²) in [6.45, 7) is 2.26. The van der Waals surface area contributed by atoms with Crippen LogP contribution in [-0.2, 0) is 21.8 Å². The summed E-state index contributed by atoms with van der Waals surface area (Å²) >= 11 is 6.38. The lowest BCUT2D eigenvalue weighted by Gasteiger charge is -2.29. The number of benzene rings is 1. The van der Waals surface area contributed by atoms with E-state index >= 15 is 0 Å². The summed E-state index contributed by atoms with van der Waals surface area (Å²) in [5.41, 5.74) is 7.16. The molecule has 0 saturated heterocycles. The van der Waals surface area contributed by atoms with Crippen molar-refractivity contribution in [2.24, 2.45) is 18.9 Å². The van der Waals surface area contributed by atoms with Crippen molar-refractivity contribution in [2.75, 3.05) is 29.9 Å². The number of ether oxygens (including phenoxy) is 1. The van der Waals surface area contributed by atoms with E-state index in [2.05, 4.69) is 5.10 Å². The Morgan fingerprint density at radius 1 is 1.41 bits per heavy atom. The van der Waals surface area contributed by atoms with Gasteiger partial charge in [0, 0.05) is 19.5 Å². The van der Waals surface area contributed by atoms with Crippen LogP contribution in [0.3, 0.4) is 0 Å². The number of allylic oxidation sites excluding steroid dienone is 2. The van der Waals surface area contributed by atoms with Gasteiger partial charge in [-0.05, 0) is 30.2 Å². The third-order valence-corrected chi connectivity index (χ3v) is 6.25. The van der Waals surface area contributed by atoms with E-state index in [-0.39, 0.29) is 24.2 Å². The van der Waals surface area contributed by atoms with E-state index in [0.717, 1.165) is 5.76 Å². The van der Waals surface area contributed by atoms with Crippen LogP contribution in [0.2, 0.25) is 5.02 Å². The largest absolute Gasteiger partial charge is 0.497 e. The molecule has 0 fully saturated rings. The molecule has 0 radical (unpaired) electrons. The second kappa shape index (κ2) is 7.09. The number of methoxy groups -OCH3 is 1. The molecule has 1 aromatic heterocycles. The highest BCUT2D eigenvalue weighted by atomic mass is 35.5. The van der Waals surface area contributed by atoms with Crippen LogP contribution < -0.4 is 10.0 Å². The van der Waals surface area contributed by atoms with Crippen LogP contribution in [0.4, 0.5) is 11.5 Å². The van der Waals surface area contributed by atoms with E-state index < -0.39 is 10.0 Å². The number of anilines is 2. The minimum absolute atomic E-state index is 0.0319. The van der Waals surface area contributed by atoms with Crippen LogP contribution in [0.1, 0.15) is 6.92 Å². The molecule has 1 aliphatic carbocycles. The minimum atomic E-state index is -3.60. The zero-order valence-corrected chi connectivity index (χ0v) is 17.3. The maximum absolute atomic E-state index is 12.6. The Kier molecular flexibility index (Phi) is 5.14. The molecule has 2 atom stereocenters. The molecule has 0 spiro atoms. The van der Waals surface area contributed by atoms with E-state index in [1.54, 1.807) is 31.0 Å². The lowest BCUT2D eigenvalue weighted by molar-refractivity contribution is 0.295. The van der Waals surface area contributed by atoms with Gasteiger partial charge < -0.3 is 10.5 Å². The lowest BCUT2D eigenvalue weighted by atomic mass is 9.89. The van der Waals surface area contributed by atoms with Crippen molar-refractivity contribution in [3.63, 3.8) is 0 Å². The summed E-state index contributed by atoms with van der Waals surface area (Å²) in [6, 6.07) is 3.34. The van der Waals surface area contributed by atoms with Gasteiger partial charge in [0.05, 0.1) is 35.0 Å². The summed E-state index contributed by atoms with van der Waals surface area (Å²) in [4.78, 5) is 0. The Morgan fingerprint density at radius 3 is 2.70 bits per heavy atom. The predicted molar refractivity (Wildman–Crippen MR) is 109 cm³/mol.